The molecule has 2 N–H and O–H groups in total. The molecule has 144 valence electrons. The Morgan fingerprint density at radius 1 is 1.31 bits per heavy atom. The van der Waals surface area contributed by atoms with Crippen LogP contribution in [0.4, 0.5) is 5.69 Å². The first-order valence-electron chi connectivity index (χ1n) is 8.58. The zero-order chi connectivity index (χ0) is 20.7. The summed E-state index contributed by atoms with van der Waals surface area (Å²) in [5.41, 5.74) is 8.90. The lowest BCUT2D eigenvalue weighted by Crippen LogP contribution is -2.22. The van der Waals surface area contributed by atoms with Crippen molar-refractivity contribution in [2.45, 2.75) is 12.8 Å². The molecule has 2 heterocycles. The summed E-state index contributed by atoms with van der Waals surface area (Å²) in [5.74, 6) is -0.214. The zero-order valence-electron chi connectivity index (χ0n) is 15.2. The summed E-state index contributed by atoms with van der Waals surface area (Å²) in [7, 11) is 0. The van der Waals surface area contributed by atoms with Gasteiger partial charge in [-0.2, -0.15) is 10.4 Å². The number of nitro benzene ring substituents is 1. The molecule has 1 aliphatic heterocycles. The highest BCUT2D eigenvalue weighted by atomic mass is 35.5. The van der Waals surface area contributed by atoms with Gasteiger partial charge in [0.2, 0.25) is 11.8 Å². The van der Waals surface area contributed by atoms with Gasteiger partial charge in [-0.05, 0) is 30.7 Å². The van der Waals surface area contributed by atoms with Gasteiger partial charge in [-0.15, -0.1) is 0 Å². The molecule has 1 aliphatic rings. The monoisotopic (exact) mass is 407 g/mol. The third-order valence-electron chi connectivity index (χ3n) is 4.72. The number of halogens is 1. The first-order valence-corrected chi connectivity index (χ1v) is 8.96. The van der Waals surface area contributed by atoms with E-state index in [9.17, 15) is 15.4 Å². The van der Waals surface area contributed by atoms with Crippen LogP contribution < -0.4 is 10.5 Å². The van der Waals surface area contributed by atoms with Gasteiger partial charge in [-0.1, -0.05) is 29.8 Å². The molecule has 9 heteroatoms. The lowest BCUT2D eigenvalue weighted by Gasteiger charge is -2.24. The summed E-state index contributed by atoms with van der Waals surface area (Å²) in [6, 6.07) is 15.2. The molecule has 29 heavy (non-hydrogen) atoms. The first kappa shape index (κ1) is 18.5. The minimum Gasteiger partial charge on any atom is -0.422 e. The molecule has 2 aromatic carbocycles. The fourth-order valence-electron chi connectivity index (χ4n) is 3.42. The van der Waals surface area contributed by atoms with Gasteiger partial charge in [-0.25, -0.2) is 4.68 Å². The molecule has 0 spiro atoms. The summed E-state index contributed by atoms with van der Waals surface area (Å²) in [6.45, 7) is 1.80. The average Bonchev–Trinajstić information content (AvgIpc) is 3.03. The van der Waals surface area contributed by atoms with Gasteiger partial charge in [0, 0.05) is 17.2 Å². The topological polar surface area (TPSA) is 120 Å². The molecule has 0 aliphatic carbocycles. The van der Waals surface area contributed by atoms with Crippen LogP contribution in [0.15, 0.2) is 60.0 Å². The number of non-ortho nitro benzene ring substituents is 1. The number of allylic oxidation sites excluding steroid dienone is 1. The van der Waals surface area contributed by atoms with Crippen molar-refractivity contribution in [3.8, 4) is 17.6 Å². The molecule has 3 aromatic rings. The molecular weight excluding hydrogens is 394 g/mol. The highest BCUT2D eigenvalue weighted by Crippen LogP contribution is 2.44. The van der Waals surface area contributed by atoms with E-state index in [2.05, 4.69) is 11.2 Å². The van der Waals surface area contributed by atoms with Gasteiger partial charge in [0.15, 0.2) is 0 Å². The minimum absolute atomic E-state index is 0.0356. The number of hydrogen-bond acceptors (Lipinski definition) is 6. The van der Waals surface area contributed by atoms with Crippen molar-refractivity contribution >= 4 is 17.3 Å². The van der Waals surface area contributed by atoms with E-state index in [1.165, 1.54) is 12.1 Å². The van der Waals surface area contributed by atoms with E-state index in [0.717, 1.165) is 0 Å². The van der Waals surface area contributed by atoms with Crippen LogP contribution in [0.5, 0.6) is 5.88 Å². The maximum absolute atomic E-state index is 11.0. The molecule has 1 atom stereocenters. The maximum Gasteiger partial charge on any atom is 0.269 e. The lowest BCUT2D eigenvalue weighted by molar-refractivity contribution is -0.384. The number of hydrogen-bond donors (Lipinski definition) is 1. The Kier molecular flexibility index (Phi) is 4.45. The molecule has 0 saturated carbocycles. The van der Waals surface area contributed by atoms with Crippen molar-refractivity contribution in [1.29, 1.82) is 5.26 Å². The maximum atomic E-state index is 11.0. The molecule has 0 radical (unpaired) electrons. The molecule has 0 unspecified atom stereocenters. The number of nitriles is 1. The summed E-state index contributed by atoms with van der Waals surface area (Å²) in [6.07, 6.45) is 0. The number of aryl methyl sites for hydroxylation is 1. The number of nitro groups is 1. The van der Waals surface area contributed by atoms with Crippen LogP contribution in [0.3, 0.4) is 0 Å². The van der Waals surface area contributed by atoms with E-state index in [1.807, 2.05) is 6.07 Å². The third-order valence-corrected chi connectivity index (χ3v) is 4.96. The molecular formula is C20H14ClN5O3. The number of fused-ring (bicyclic) bond motifs is 1. The first-order chi connectivity index (χ1) is 13.9. The summed E-state index contributed by atoms with van der Waals surface area (Å²) < 4.78 is 7.36. The number of aromatic nitrogens is 2. The molecule has 0 bridgehead atoms. The Balaban J connectivity index is 1.91. The minimum atomic E-state index is -0.558. The summed E-state index contributed by atoms with van der Waals surface area (Å²) in [5, 5.41) is 25.8. The molecule has 8 nitrogen and oxygen atoms in total. The van der Waals surface area contributed by atoms with Crippen molar-refractivity contribution in [2.75, 3.05) is 0 Å². The number of ether oxygens (including phenoxy) is 1. The van der Waals surface area contributed by atoms with Crippen LogP contribution in [-0.2, 0) is 0 Å². The average molecular weight is 408 g/mol. The molecule has 0 amide bonds. The Labute approximate surface area is 170 Å². The third kappa shape index (κ3) is 3.07. The largest absolute Gasteiger partial charge is 0.422 e. The Morgan fingerprint density at radius 3 is 2.66 bits per heavy atom. The van der Waals surface area contributed by atoms with Crippen LogP contribution >= 0.6 is 11.6 Å². The predicted octanol–water partition coefficient (Wildman–Crippen LogP) is 3.96. The standard InChI is InChI=1S/C20H14ClN5O3/c1-11-17-18(12-5-7-14(8-6-12)26(27)28)16(10-22)19(23)29-20(17)25(24-11)15-4-2-3-13(21)9-15/h2-9,18H,23H2,1H3/t18-/m0/s1. The number of nitrogens with two attached hydrogens (primary N) is 1. The van der Waals surface area contributed by atoms with Crippen molar-refractivity contribution in [3.05, 3.63) is 91.9 Å². The van der Waals surface area contributed by atoms with E-state index < -0.39 is 10.8 Å². The Bertz CT molecular complexity index is 1210. The van der Waals surface area contributed by atoms with Crippen molar-refractivity contribution in [2.24, 2.45) is 5.73 Å². The quantitative estimate of drug-likeness (QED) is 0.518. The van der Waals surface area contributed by atoms with Gasteiger partial charge in [-0.3, -0.25) is 10.1 Å². The van der Waals surface area contributed by atoms with Crippen molar-refractivity contribution in [1.82, 2.24) is 9.78 Å². The van der Waals surface area contributed by atoms with Gasteiger partial charge in [0.05, 0.1) is 27.8 Å². The number of rotatable bonds is 3. The van der Waals surface area contributed by atoms with Crippen molar-refractivity contribution in [3.63, 3.8) is 0 Å². The highest BCUT2D eigenvalue weighted by Gasteiger charge is 2.36. The lowest BCUT2D eigenvalue weighted by atomic mass is 9.84. The fraction of sp³-hybridized carbons (Fsp3) is 0.100. The van der Waals surface area contributed by atoms with Crippen LogP contribution in [0.1, 0.15) is 22.7 Å². The van der Waals surface area contributed by atoms with Crippen LogP contribution in [-0.4, -0.2) is 14.7 Å². The second-order valence-electron chi connectivity index (χ2n) is 6.47. The normalized spacial score (nSPS) is 15.4. The second kappa shape index (κ2) is 6.96. The van der Waals surface area contributed by atoms with E-state index in [0.29, 0.717) is 33.4 Å². The molecule has 0 fully saturated rings. The van der Waals surface area contributed by atoms with Crippen molar-refractivity contribution < 1.29 is 9.66 Å². The SMILES string of the molecule is Cc1nn(-c2cccc(Cl)c2)c2c1[C@@H](c1ccc([N+](=O)[O-])cc1)C(C#N)=C(N)O2. The smallest absolute Gasteiger partial charge is 0.269 e. The zero-order valence-corrected chi connectivity index (χ0v) is 15.9. The second-order valence-corrected chi connectivity index (χ2v) is 6.91. The highest BCUT2D eigenvalue weighted by molar-refractivity contribution is 6.30. The van der Waals surface area contributed by atoms with Gasteiger partial charge < -0.3 is 10.5 Å². The molecule has 1 aromatic heterocycles. The van der Waals surface area contributed by atoms with E-state index in [1.54, 1.807) is 41.9 Å². The number of benzene rings is 2. The predicted molar refractivity (Wildman–Crippen MR) is 106 cm³/mol. The Morgan fingerprint density at radius 2 is 2.03 bits per heavy atom. The summed E-state index contributed by atoms with van der Waals surface area (Å²) in [4.78, 5) is 10.5. The van der Waals surface area contributed by atoms with Gasteiger partial charge in [0.25, 0.3) is 5.69 Å². The molecule has 4 rings (SSSR count). The van der Waals surface area contributed by atoms with E-state index >= 15 is 0 Å². The van der Waals surface area contributed by atoms with E-state index in [4.69, 9.17) is 22.1 Å². The van der Waals surface area contributed by atoms with Crippen LogP contribution in [0.2, 0.25) is 5.02 Å². The van der Waals surface area contributed by atoms with Crippen LogP contribution in [0, 0.1) is 28.4 Å². The van der Waals surface area contributed by atoms with E-state index in [-0.39, 0.29) is 17.1 Å². The van der Waals surface area contributed by atoms with Crippen LogP contribution in [0.25, 0.3) is 5.69 Å². The number of nitrogens with zero attached hydrogens (tertiary/aromatic N) is 4. The van der Waals surface area contributed by atoms with Gasteiger partial charge in [0.1, 0.15) is 11.6 Å². The van der Waals surface area contributed by atoms with Gasteiger partial charge >= 0.3 is 0 Å². The fourth-order valence-corrected chi connectivity index (χ4v) is 3.60. The molecule has 0 saturated heterocycles. The Hall–Kier alpha value is -3.83. The summed E-state index contributed by atoms with van der Waals surface area (Å²) >= 11 is 6.11.